The molecule has 10 rings (SSSR count). The van der Waals surface area contributed by atoms with Crippen molar-refractivity contribution < 1.29 is 45.9 Å². The van der Waals surface area contributed by atoms with E-state index in [9.17, 15) is 14.5 Å². The Bertz CT molecular complexity index is 2970. The summed E-state index contributed by atoms with van der Waals surface area (Å²) >= 11 is 0. The van der Waals surface area contributed by atoms with Crippen molar-refractivity contribution in [2.24, 2.45) is 17.3 Å². The fourth-order valence-electron chi connectivity index (χ4n) is 8.33. The molecular weight excluding hydrogens is 906 g/mol. The molecule has 2 aliphatic carbocycles. The molecule has 2 aliphatic rings. The number of benzene rings is 5. The van der Waals surface area contributed by atoms with Crippen LogP contribution in [0.4, 0.5) is 13.2 Å². The molecule has 0 aliphatic heterocycles. The fourth-order valence-corrected chi connectivity index (χ4v) is 8.33. The molecule has 3 atom stereocenters. The van der Waals surface area contributed by atoms with Crippen LogP contribution in [0.5, 0.6) is 0 Å². The molecule has 2 saturated carbocycles. The molecule has 3 nitrogen and oxygen atoms in total. The Morgan fingerprint density at radius 2 is 1.64 bits per heavy atom. The second-order valence-electron chi connectivity index (χ2n) is 15.6. The molecule has 0 N–H and O–H groups in total. The van der Waals surface area contributed by atoms with Crippen molar-refractivity contribution in [1.82, 2.24) is 9.97 Å². The Hall–Kier alpha value is -5.10. The first-order valence-corrected chi connectivity index (χ1v) is 19.2. The predicted octanol–water partition coefficient (Wildman–Crippen LogP) is 14.2. The van der Waals surface area contributed by atoms with E-state index in [1.807, 2.05) is 12.3 Å². The van der Waals surface area contributed by atoms with Crippen molar-refractivity contribution in [1.29, 1.82) is 0 Å². The summed E-state index contributed by atoms with van der Waals surface area (Å²) < 4.78 is 93.1. The number of rotatable bonds is 6. The van der Waals surface area contributed by atoms with E-state index < -0.39 is 30.7 Å². The van der Waals surface area contributed by atoms with Gasteiger partial charge in [-0.05, 0) is 88.5 Å². The number of hydrogen-bond donors (Lipinski definition) is 0. The third-order valence-corrected chi connectivity index (χ3v) is 11.5. The molecule has 58 heavy (non-hydrogen) atoms. The minimum atomic E-state index is -4.73. The Morgan fingerprint density at radius 3 is 2.34 bits per heavy atom. The number of halogens is 3. The number of aryl methyl sites for hydroxylation is 1. The Balaban J connectivity index is 0.000000185. The van der Waals surface area contributed by atoms with Crippen LogP contribution >= 0.6 is 0 Å². The molecule has 7 heteroatoms. The summed E-state index contributed by atoms with van der Waals surface area (Å²) in [7, 11) is 0. The first kappa shape index (κ1) is 32.8. The zero-order valence-corrected chi connectivity index (χ0v) is 34.3. The minimum absolute atomic E-state index is 0. The summed E-state index contributed by atoms with van der Waals surface area (Å²) in [5.74, 6) is 0.869. The quantitative estimate of drug-likeness (QED) is 0.156. The molecule has 2 fully saturated rings. The Labute approximate surface area is 359 Å². The average molecular weight is 955 g/mol. The molecule has 2 bridgehead atoms. The van der Waals surface area contributed by atoms with Gasteiger partial charge in [0.25, 0.3) is 0 Å². The topological polar surface area (TPSA) is 38.9 Å². The van der Waals surface area contributed by atoms with Gasteiger partial charge in [0.1, 0.15) is 5.58 Å². The molecule has 1 radical (unpaired) electrons. The number of pyridine rings is 2. The van der Waals surface area contributed by atoms with Gasteiger partial charge in [0.2, 0.25) is 0 Å². The van der Waals surface area contributed by atoms with E-state index in [1.165, 1.54) is 60.5 Å². The number of alkyl halides is 3. The summed E-state index contributed by atoms with van der Waals surface area (Å²) in [6.07, 6.45) is 0.304. The molecule has 3 aromatic heterocycles. The molecule has 0 amide bonds. The van der Waals surface area contributed by atoms with Crippen LogP contribution in [0.25, 0.3) is 66.4 Å². The van der Waals surface area contributed by atoms with Crippen LogP contribution in [0.15, 0.2) is 132 Å². The number of fused-ring (bicyclic) bond motifs is 7. The van der Waals surface area contributed by atoms with Crippen LogP contribution in [-0.2, 0) is 26.5 Å². The van der Waals surface area contributed by atoms with Gasteiger partial charge in [-0.1, -0.05) is 117 Å². The van der Waals surface area contributed by atoms with E-state index in [0.717, 1.165) is 82.1 Å². The largest absolute Gasteiger partial charge is 0.500 e. The number of hydrogen-bond acceptors (Lipinski definition) is 3. The summed E-state index contributed by atoms with van der Waals surface area (Å²) in [5.41, 5.74) is 5.01. The summed E-state index contributed by atoms with van der Waals surface area (Å²) in [6.45, 7) is -0.643. The summed E-state index contributed by atoms with van der Waals surface area (Å²) in [4.78, 5) is 8.74. The Morgan fingerprint density at radius 1 is 0.810 bits per heavy atom. The minimum Gasteiger partial charge on any atom is -0.500 e. The van der Waals surface area contributed by atoms with Gasteiger partial charge in [0.15, 0.2) is 0 Å². The maximum absolute atomic E-state index is 13.2. The smallest absolute Gasteiger partial charge is 0.394 e. The van der Waals surface area contributed by atoms with Crippen LogP contribution in [0.2, 0.25) is 0 Å². The van der Waals surface area contributed by atoms with Crippen molar-refractivity contribution in [3.63, 3.8) is 0 Å². The summed E-state index contributed by atoms with van der Waals surface area (Å²) in [5, 5.41) is 4.48. The van der Waals surface area contributed by atoms with E-state index in [1.54, 1.807) is 0 Å². The van der Waals surface area contributed by atoms with Gasteiger partial charge in [-0.2, -0.15) is 13.2 Å². The average Bonchev–Trinajstić information content (AvgIpc) is 4.00. The van der Waals surface area contributed by atoms with Crippen LogP contribution in [0, 0.1) is 36.2 Å². The van der Waals surface area contributed by atoms with E-state index in [-0.39, 0.29) is 31.2 Å². The van der Waals surface area contributed by atoms with E-state index in [0.29, 0.717) is 17.2 Å². The molecular formula is C51H43F3IrN2O-2. The van der Waals surface area contributed by atoms with Gasteiger partial charge in [-0.25, -0.2) is 0 Å². The van der Waals surface area contributed by atoms with Crippen LogP contribution < -0.4 is 0 Å². The zero-order valence-electron chi connectivity index (χ0n) is 37.9. The predicted molar refractivity (Wildman–Crippen MR) is 224 cm³/mol. The Kier molecular flexibility index (Phi) is 9.01. The molecule has 0 spiro atoms. The molecule has 3 unspecified atom stereocenters. The molecule has 0 saturated heterocycles. The molecule has 295 valence electrons. The fraction of sp³-hybridized carbons (Fsp3) is 0.255. The first-order chi connectivity index (χ1) is 29.8. The number of furan rings is 1. The van der Waals surface area contributed by atoms with Gasteiger partial charge in [0, 0.05) is 51.5 Å². The first-order valence-electron chi connectivity index (χ1n) is 22.2. The second-order valence-corrected chi connectivity index (χ2v) is 15.6. The van der Waals surface area contributed by atoms with Gasteiger partial charge >= 0.3 is 6.18 Å². The van der Waals surface area contributed by atoms with E-state index in [4.69, 9.17) is 16.3 Å². The third kappa shape index (κ3) is 7.75. The van der Waals surface area contributed by atoms with E-state index in [2.05, 4.69) is 96.0 Å². The third-order valence-electron chi connectivity index (χ3n) is 11.5. The van der Waals surface area contributed by atoms with Gasteiger partial charge in [-0.3, -0.25) is 0 Å². The molecule has 5 aromatic carbocycles. The van der Waals surface area contributed by atoms with Crippen molar-refractivity contribution in [2.75, 3.05) is 0 Å². The second kappa shape index (κ2) is 15.9. The van der Waals surface area contributed by atoms with Gasteiger partial charge in [-0.15, -0.1) is 53.6 Å². The van der Waals surface area contributed by atoms with Gasteiger partial charge in [0.05, 0.1) is 11.0 Å². The number of aromatic nitrogens is 2. The molecule has 3 heterocycles. The van der Waals surface area contributed by atoms with Crippen LogP contribution in [0.3, 0.4) is 0 Å². The van der Waals surface area contributed by atoms with Crippen molar-refractivity contribution in [3.05, 3.63) is 156 Å². The SMILES string of the molecule is [2H]C([2H])([2H])c1c[c-]c(-c2ccc(C([2H])([2H])C(C)(C)C(F)(F)F)cn2)cc1.[2H]C1(c2ccc(-c3ccnc(-c4[c-]ccc5c4oc4c6ccccc6ccc54)c3)cc2)CC2CCC1C2.[Ir]. The van der Waals surface area contributed by atoms with Crippen molar-refractivity contribution in [3.8, 4) is 33.6 Å². The maximum atomic E-state index is 13.2. The zero-order chi connectivity index (χ0) is 44.5. The van der Waals surface area contributed by atoms with Crippen molar-refractivity contribution >= 4 is 32.7 Å². The normalized spacial score (nSPS) is 20.9. The molecule has 8 aromatic rings. The van der Waals surface area contributed by atoms with Crippen molar-refractivity contribution in [2.45, 2.75) is 64.8 Å². The van der Waals surface area contributed by atoms with Gasteiger partial charge < -0.3 is 14.4 Å². The van der Waals surface area contributed by atoms with Crippen LogP contribution in [0.1, 0.15) is 70.3 Å². The monoisotopic (exact) mass is 955 g/mol. The van der Waals surface area contributed by atoms with E-state index >= 15 is 0 Å². The van der Waals surface area contributed by atoms with Crippen LogP contribution in [-0.4, -0.2) is 16.1 Å². The number of nitrogens with zero attached hydrogens (tertiary/aromatic N) is 2. The maximum Gasteiger partial charge on any atom is 0.394 e. The standard InChI is InChI=1S/C34H26NO.C17H17F3N.Ir/c1-2-5-27-23(4-1)14-15-29-28-6-3-7-30(34(28)36-33(27)29)32-20-25(16-17-35-32)22-10-12-24(13-11-22)31-19-21-8-9-26(31)18-21;1-12-4-7-14(8-5-12)15-9-6-13(11-21-15)10-16(2,3)17(18,19)20;/h1-6,10-17,20-21,26,31H,8-9,18-19H2;4-7,9,11H,10H2,1-3H3;/q2*-1;/i31D;1D3,10D2;. The summed E-state index contributed by atoms with van der Waals surface area (Å²) in [6, 6.07) is 42.6.